The number of carbonyl (C=O) groups is 6. The van der Waals surface area contributed by atoms with Crippen LogP contribution in [0.15, 0.2) is 34.7 Å². The molecule has 2 aromatic rings. The molecule has 0 radical (unpaired) electrons. The van der Waals surface area contributed by atoms with Gasteiger partial charge in [0.1, 0.15) is 19.6 Å². The number of Topliss-reactive ketones (excluding diaryl/α,β-unsaturated/α-hetero) is 1. The van der Waals surface area contributed by atoms with Crippen molar-refractivity contribution in [1.29, 1.82) is 0 Å². The van der Waals surface area contributed by atoms with Crippen molar-refractivity contribution >= 4 is 35.3 Å². The molecule has 0 unspecified atom stereocenters. The number of esters is 2. The lowest BCUT2D eigenvalue weighted by molar-refractivity contribution is -0.152. The molecule has 1 aliphatic carbocycles. The maximum Gasteiger partial charge on any atom is 0.313 e. The van der Waals surface area contributed by atoms with Crippen molar-refractivity contribution in [3.05, 3.63) is 58.5 Å². The molecule has 10 heteroatoms. The first kappa shape index (κ1) is 22.6. The second kappa shape index (κ2) is 9.82. The van der Waals surface area contributed by atoms with Gasteiger partial charge in [-0.1, -0.05) is 24.3 Å². The van der Waals surface area contributed by atoms with E-state index in [2.05, 4.69) is 0 Å². The first-order valence-corrected chi connectivity index (χ1v) is 9.66. The van der Waals surface area contributed by atoms with Gasteiger partial charge in [0, 0.05) is 24.0 Å². The molecule has 0 saturated carbocycles. The number of hydrogen-bond donors (Lipinski definition) is 1. The van der Waals surface area contributed by atoms with Crippen LogP contribution in [0.25, 0.3) is 0 Å². The third-order valence-corrected chi connectivity index (χ3v) is 4.56. The van der Waals surface area contributed by atoms with E-state index < -0.39 is 41.7 Å². The van der Waals surface area contributed by atoms with Crippen LogP contribution in [-0.4, -0.2) is 53.6 Å². The number of ketones is 3. The Morgan fingerprint density at radius 3 is 2.12 bits per heavy atom. The summed E-state index contributed by atoms with van der Waals surface area (Å²) in [6.45, 7) is -0.542. The molecule has 0 atom stereocenters. The number of fused-ring (bicyclic) bond motifs is 2. The van der Waals surface area contributed by atoms with Crippen LogP contribution < -0.4 is 0 Å². The van der Waals surface area contributed by atoms with E-state index in [0.29, 0.717) is 0 Å². The largest absolute Gasteiger partial charge is 0.481 e. The lowest BCUT2D eigenvalue weighted by Gasteiger charge is -2.11. The van der Waals surface area contributed by atoms with Crippen LogP contribution in [0.3, 0.4) is 0 Å². The third-order valence-electron chi connectivity index (χ3n) is 4.56. The minimum absolute atomic E-state index is 0.0415. The van der Waals surface area contributed by atoms with Crippen molar-refractivity contribution in [2.45, 2.75) is 25.7 Å². The number of carbonyl (C=O) groups excluding carboxylic acids is 5. The fourth-order valence-electron chi connectivity index (χ4n) is 3.05. The summed E-state index contributed by atoms with van der Waals surface area (Å²) in [4.78, 5) is 71.0. The van der Waals surface area contributed by atoms with Crippen molar-refractivity contribution < 1.29 is 47.8 Å². The summed E-state index contributed by atoms with van der Waals surface area (Å²) >= 11 is 0. The maximum absolute atomic E-state index is 12.6. The van der Waals surface area contributed by atoms with Crippen LogP contribution in [0.4, 0.5) is 0 Å². The Kier molecular flexibility index (Phi) is 6.93. The molecule has 0 saturated heterocycles. The number of ether oxygens (including phenoxy) is 2. The van der Waals surface area contributed by atoms with Crippen molar-refractivity contribution in [3.63, 3.8) is 0 Å². The van der Waals surface area contributed by atoms with Crippen molar-refractivity contribution in [1.82, 2.24) is 0 Å². The first-order chi connectivity index (χ1) is 15.3. The first-order valence-electron chi connectivity index (χ1n) is 9.66. The van der Waals surface area contributed by atoms with Gasteiger partial charge in [-0.2, -0.15) is 0 Å². The SMILES string of the molecule is O=C(O)CCCC(=O)OCCOC(=O)CC(=O)c1cc2c(o1)C(=O)c1ccccc1C2=O. The van der Waals surface area contributed by atoms with Crippen LogP contribution in [-0.2, 0) is 23.9 Å². The highest BCUT2D eigenvalue weighted by molar-refractivity contribution is 6.28. The Hall–Kier alpha value is -4.08. The van der Waals surface area contributed by atoms with Crippen LogP contribution in [0.2, 0.25) is 0 Å². The lowest BCUT2D eigenvalue weighted by Crippen LogP contribution is -2.18. The van der Waals surface area contributed by atoms with Gasteiger partial charge in [-0.15, -0.1) is 0 Å². The molecule has 1 N–H and O–H groups in total. The smallest absolute Gasteiger partial charge is 0.313 e. The van der Waals surface area contributed by atoms with E-state index in [4.69, 9.17) is 19.0 Å². The van der Waals surface area contributed by atoms with Gasteiger partial charge in [0.25, 0.3) is 0 Å². The quantitative estimate of drug-likeness (QED) is 0.213. The van der Waals surface area contributed by atoms with Gasteiger partial charge in [0.2, 0.25) is 11.6 Å². The number of carboxylic acid groups (broad SMARTS) is 1. The molecule has 32 heavy (non-hydrogen) atoms. The highest BCUT2D eigenvalue weighted by Gasteiger charge is 2.34. The Balaban J connectivity index is 1.49. The topological polar surface area (TPSA) is 154 Å². The fraction of sp³-hybridized carbons (Fsp3) is 0.273. The van der Waals surface area contributed by atoms with Gasteiger partial charge in [-0.25, -0.2) is 0 Å². The fourth-order valence-corrected chi connectivity index (χ4v) is 3.05. The number of hydrogen-bond acceptors (Lipinski definition) is 9. The standard InChI is InChI=1S/C22H18O10/c23-15(11-19(27)31-9-8-30-18(26)7-3-6-17(24)25)16-10-14-20(28)12-4-1-2-5-13(12)21(29)22(14)32-16/h1-2,4-5,10H,3,6-9,11H2,(H,24,25). The van der Waals surface area contributed by atoms with E-state index in [1.54, 1.807) is 12.1 Å². The average Bonchev–Trinajstić information content (AvgIpc) is 3.21. The molecule has 166 valence electrons. The summed E-state index contributed by atoms with van der Waals surface area (Å²) < 4.78 is 14.9. The number of benzene rings is 1. The molecule has 0 spiro atoms. The Morgan fingerprint density at radius 1 is 0.844 bits per heavy atom. The predicted molar refractivity (Wildman–Crippen MR) is 104 cm³/mol. The maximum atomic E-state index is 12.6. The summed E-state index contributed by atoms with van der Waals surface area (Å²) in [6.07, 6.45) is -0.811. The molecule has 0 fully saturated rings. The normalized spacial score (nSPS) is 12.0. The molecule has 10 nitrogen and oxygen atoms in total. The number of carboxylic acids is 1. The molecular formula is C22H18O10. The van der Waals surface area contributed by atoms with E-state index in [1.807, 2.05) is 0 Å². The monoisotopic (exact) mass is 442 g/mol. The van der Waals surface area contributed by atoms with Gasteiger partial charge in [-0.3, -0.25) is 28.8 Å². The van der Waals surface area contributed by atoms with E-state index in [-0.39, 0.29) is 60.7 Å². The molecular weight excluding hydrogens is 424 g/mol. The minimum Gasteiger partial charge on any atom is -0.481 e. The molecule has 0 aliphatic heterocycles. The second-order valence-corrected chi connectivity index (χ2v) is 6.85. The Morgan fingerprint density at radius 2 is 1.47 bits per heavy atom. The zero-order chi connectivity index (χ0) is 23.3. The van der Waals surface area contributed by atoms with E-state index in [1.165, 1.54) is 12.1 Å². The predicted octanol–water partition coefficient (Wildman–Crippen LogP) is 1.97. The molecule has 1 aromatic heterocycles. The second-order valence-electron chi connectivity index (χ2n) is 6.85. The highest BCUT2D eigenvalue weighted by Crippen LogP contribution is 2.30. The molecule has 0 amide bonds. The summed E-state index contributed by atoms with van der Waals surface area (Å²) in [5.74, 6) is -4.88. The van der Waals surface area contributed by atoms with Crippen molar-refractivity contribution in [2.24, 2.45) is 0 Å². The van der Waals surface area contributed by atoms with Crippen molar-refractivity contribution in [2.75, 3.05) is 13.2 Å². The Labute approximate surface area is 181 Å². The number of aliphatic carboxylic acids is 1. The van der Waals surface area contributed by atoms with Crippen LogP contribution in [0.5, 0.6) is 0 Å². The van der Waals surface area contributed by atoms with E-state index in [0.717, 1.165) is 6.07 Å². The van der Waals surface area contributed by atoms with Gasteiger partial charge < -0.3 is 19.0 Å². The summed E-state index contributed by atoms with van der Waals surface area (Å²) in [6, 6.07) is 7.35. The average molecular weight is 442 g/mol. The van der Waals surface area contributed by atoms with E-state index >= 15 is 0 Å². The van der Waals surface area contributed by atoms with Gasteiger partial charge in [0.15, 0.2) is 17.3 Å². The zero-order valence-electron chi connectivity index (χ0n) is 16.8. The van der Waals surface area contributed by atoms with Crippen molar-refractivity contribution in [3.8, 4) is 0 Å². The molecule has 1 aliphatic rings. The van der Waals surface area contributed by atoms with Crippen LogP contribution in [0, 0.1) is 0 Å². The van der Waals surface area contributed by atoms with E-state index in [9.17, 15) is 28.8 Å². The van der Waals surface area contributed by atoms with Gasteiger partial charge >= 0.3 is 17.9 Å². The number of rotatable bonds is 10. The zero-order valence-corrected chi connectivity index (χ0v) is 16.8. The molecule has 1 aromatic carbocycles. The molecule has 1 heterocycles. The molecule has 3 rings (SSSR count). The summed E-state index contributed by atoms with van der Waals surface area (Å²) in [5, 5.41) is 8.49. The van der Waals surface area contributed by atoms with Gasteiger partial charge in [-0.05, 0) is 12.5 Å². The van der Waals surface area contributed by atoms with Crippen LogP contribution in [0.1, 0.15) is 68.3 Å². The third kappa shape index (κ3) is 5.15. The molecule has 0 bridgehead atoms. The van der Waals surface area contributed by atoms with Crippen LogP contribution >= 0.6 is 0 Å². The number of furan rings is 1. The Bertz CT molecular complexity index is 1060. The summed E-state index contributed by atoms with van der Waals surface area (Å²) in [5.41, 5.74) is 0.345. The summed E-state index contributed by atoms with van der Waals surface area (Å²) in [7, 11) is 0. The highest BCUT2D eigenvalue weighted by atomic mass is 16.6. The van der Waals surface area contributed by atoms with Gasteiger partial charge in [0.05, 0.1) is 5.56 Å². The minimum atomic E-state index is -1.02. The lowest BCUT2D eigenvalue weighted by atomic mass is 9.88.